The van der Waals surface area contributed by atoms with Gasteiger partial charge < -0.3 is 9.47 Å². The molecule has 2 fully saturated rings. The summed E-state index contributed by atoms with van der Waals surface area (Å²) < 4.78 is 10.1. The van der Waals surface area contributed by atoms with Crippen molar-refractivity contribution in [1.82, 2.24) is 4.90 Å². The summed E-state index contributed by atoms with van der Waals surface area (Å²) in [5.74, 6) is -0.980. The highest BCUT2D eigenvalue weighted by molar-refractivity contribution is 6.02. The molecule has 0 bridgehead atoms. The summed E-state index contributed by atoms with van der Waals surface area (Å²) in [7, 11) is 0. The zero-order valence-electron chi connectivity index (χ0n) is 8.78. The van der Waals surface area contributed by atoms with Crippen molar-refractivity contribution in [1.29, 1.82) is 0 Å². The van der Waals surface area contributed by atoms with Crippen molar-refractivity contribution in [3.05, 3.63) is 12.3 Å². The first-order valence-electron chi connectivity index (χ1n) is 4.81. The Hall–Kier alpha value is -1.36. The van der Waals surface area contributed by atoms with E-state index in [0.29, 0.717) is 0 Å². The monoisotopic (exact) mass is 211 g/mol. The van der Waals surface area contributed by atoms with Crippen LogP contribution in [0.1, 0.15) is 13.8 Å². The van der Waals surface area contributed by atoms with Gasteiger partial charge in [0.05, 0.1) is 6.61 Å². The van der Waals surface area contributed by atoms with Crippen LogP contribution in [0.5, 0.6) is 0 Å². The van der Waals surface area contributed by atoms with E-state index in [-0.39, 0.29) is 30.9 Å². The number of rotatable bonds is 1. The number of ether oxygens (including phenoxy) is 2. The normalized spacial score (nSPS) is 30.9. The molecule has 0 aromatic carbocycles. The number of esters is 1. The predicted molar refractivity (Wildman–Crippen MR) is 50.5 cm³/mol. The van der Waals surface area contributed by atoms with Gasteiger partial charge in [-0.2, -0.15) is 0 Å². The van der Waals surface area contributed by atoms with Crippen molar-refractivity contribution in [2.45, 2.75) is 19.4 Å². The lowest BCUT2D eigenvalue weighted by Crippen LogP contribution is -2.62. The van der Waals surface area contributed by atoms with Gasteiger partial charge >= 0.3 is 5.97 Å². The molecule has 0 aromatic heterocycles. The van der Waals surface area contributed by atoms with Crippen LogP contribution in [0.3, 0.4) is 0 Å². The Balaban J connectivity index is 2.46. The summed E-state index contributed by atoms with van der Waals surface area (Å²) in [4.78, 5) is 25.0. The lowest BCUT2D eigenvalue weighted by molar-refractivity contribution is -0.170. The van der Waals surface area contributed by atoms with E-state index in [4.69, 9.17) is 9.47 Å². The zero-order chi connectivity index (χ0) is 11.2. The van der Waals surface area contributed by atoms with E-state index in [0.717, 1.165) is 0 Å². The van der Waals surface area contributed by atoms with Crippen LogP contribution in [0.25, 0.3) is 0 Å². The number of hydrogen-bond acceptors (Lipinski definition) is 4. The molecule has 0 saturated carbocycles. The standard InChI is InChI=1S/C10H13NO4/c1-6(2)10-4-14-5-11(10)8(12)7(3)15-9(10)13/h6H,3-5H2,1-2H3/t10-/m0/s1. The number of nitrogens with zero attached hydrogens (tertiary/aromatic N) is 1. The molecule has 2 heterocycles. The number of hydrogen-bond donors (Lipinski definition) is 0. The van der Waals surface area contributed by atoms with Gasteiger partial charge in [0.25, 0.3) is 5.91 Å². The van der Waals surface area contributed by atoms with Gasteiger partial charge in [0.2, 0.25) is 0 Å². The number of carbonyl (C=O) groups excluding carboxylic acids is 2. The van der Waals surface area contributed by atoms with E-state index in [2.05, 4.69) is 6.58 Å². The van der Waals surface area contributed by atoms with E-state index in [1.165, 1.54) is 4.90 Å². The second-order valence-electron chi connectivity index (χ2n) is 4.10. The molecular weight excluding hydrogens is 198 g/mol. The zero-order valence-corrected chi connectivity index (χ0v) is 8.78. The topological polar surface area (TPSA) is 55.8 Å². The Bertz CT molecular complexity index is 349. The maximum atomic E-state index is 11.8. The Morgan fingerprint density at radius 1 is 1.47 bits per heavy atom. The molecule has 1 atom stereocenters. The van der Waals surface area contributed by atoms with Crippen molar-refractivity contribution in [2.75, 3.05) is 13.3 Å². The Morgan fingerprint density at radius 3 is 2.73 bits per heavy atom. The van der Waals surface area contributed by atoms with Crippen molar-refractivity contribution in [3.63, 3.8) is 0 Å². The van der Waals surface area contributed by atoms with E-state index >= 15 is 0 Å². The van der Waals surface area contributed by atoms with Crippen LogP contribution in [0.2, 0.25) is 0 Å². The van der Waals surface area contributed by atoms with Gasteiger partial charge in [-0.05, 0) is 5.92 Å². The second kappa shape index (κ2) is 3.06. The first-order chi connectivity index (χ1) is 7.00. The van der Waals surface area contributed by atoms with E-state index < -0.39 is 11.5 Å². The number of fused-ring (bicyclic) bond motifs is 1. The van der Waals surface area contributed by atoms with Crippen LogP contribution in [-0.4, -0.2) is 35.7 Å². The third-order valence-electron chi connectivity index (χ3n) is 3.03. The van der Waals surface area contributed by atoms with Crippen molar-refractivity contribution >= 4 is 11.9 Å². The van der Waals surface area contributed by atoms with Crippen LogP contribution >= 0.6 is 0 Å². The molecule has 5 heteroatoms. The number of morpholine rings is 1. The highest BCUT2D eigenvalue weighted by Crippen LogP contribution is 2.36. The third kappa shape index (κ3) is 1.13. The summed E-state index contributed by atoms with van der Waals surface area (Å²) in [5.41, 5.74) is -0.960. The van der Waals surface area contributed by atoms with Crippen molar-refractivity contribution in [2.24, 2.45) is 5.92 Å². The lowest BCUT2D eigenvalue weighted by atomic mass is 9.85. The molecule has 0 N–H and O–H groups in total. The van der Waals surface area contributed by atoms with Gasteiger partial charge in [0.1, 0.15) is 6.73 Å². The molecule has 2 saturated heterocycles. The van der Waals surface area contributed by atoms with Gasteiger partial charge in [0, 0.05) is 0 Å². The average molecular weight is 211 g/mol. The van der Waals surface area contributed by atoms with E-state index in [9.17, 15) is 9.59 Å². The fourth-order valence-corrected chi connectivity index (χ4v) is 2.00. The van der Waals surface area contributed by atoms with Crippen LogP contribution in [0.15, 0.2) is 12.3 Å². The quantitative estimate of drug-likeness (QED) is 0.461. The molecule has 2 rings (SSSR count). The molecule has 0 spiro atoms. The molecule has 0 aliphatic carbocycles. The Kier molecular flexibility index (Phi) is 2.08. The van der Waals surface area contributed by atoms with Crippen molar-refractivity contribution in [3.8, 4) is 0 Å². The minimum Gasteiger partial charge on any atom is -0.419 e. The molecule has 82 valence electrons. The Labute approximate surface area is 87.6 Å². The van der Waals surface area contributed by atoms with Crippen LogP contribution in [0.4, 0.5) is 0 Å². The summed E-state index contributed by atoms with van der Waals surface area (Å²) >= 11 is 0. The maximum absolute atomic E-state index is 11.8. The SMILES string of the molecule is C=C1OC(=O)[C@@]2(C(C)C)COCN2C1=O. The molecule has 0 unspecified atom stereocenters. The fourth-order valence-electron chi connectivity index (χ4n) is 2.00. The van der Waals surface area contributed by atoms with E-state index in [1.807, 2.05) is 13.8 Å². The highest BCUT2D eigenvalue weighted by Gasteiger charge is 2.58. The average Bonchev–Trinajstić information content (AvgIpc) is 2.60. The molecule has 2 aliphatic rings. The molecule has 15 heavy (non-hydrogen) atoms. The minimum atomic E-state index is -0.960. The van der Waals surface area contributed by atoms with Gasteiger partial charge in [-0.15, -0.1) is 0 Å². The largest absolute Gasteiger partial charge is 0.419 e. The van der Waals surface area contributed by atoms with Gasteiger partial charge in [-0.25, -0.2) is 4.79 Å². The van der Waals surface area contributed by atoms with Gasteiger partial charge in [-0.3, -0.25) is 9.69 Å². The molecular formula is C10H13NO4. The summed E-state index contributed by atoms with van der Waals surface area (Å²) in [6.07, 6.45) is 0. The molecule has 5 nitrogen and oxygen atoms in total. The van der Waals surface area contributed by atoms with Crippen LogP contribution in [-0.2, 0) is 19.1 Å². The highest BCUT2D eigenvalue weighted by atomic mass is 16.6. The van der Waals surface area contributed by atoms with E-state index in [1.54, 1.807) is 0 Å². The Morgan fingerprint density at radius 2 is 2.13 bits per heavy atom. The molecule has 0 aromatic rings. The maximum Gasteiger partial charge on any atom is 0.340 e. The third-order valence-corrected chi connectivity index (χ3v) is 3.03. The summed E-state index contributed by atoms with van der Waals surface area (Å²) in [6.45, 7) is 7.46. The summed E-state index contributed by atoms with van der Waals surface area (Å²) in [5, 5.41) is 0. The van der Waals surface area contributed by atoms with Crippen LogP contribution in [0, 0.1) is 5.92 Å². The second-order valence-corrected chi connectivity index (χ2v) is 4.10. The van der Waals surface area contributed by atoms with Crippen LogP contribution < -0.4 is 0 Å². The number of cyclic esters (lactones) is 1. The first kappa shape index (κ1) is 10.2. The first-order valence-corrected chi connectivity index (χ1v) is 4.81. The molecule has 1 amide bonds. The van der Waals surface area contributed by atoms with Gasteiger partial charge in [0.15, 0.2) is 11.3 Å². The molecule has 2 aliphatic heterocycles. The fraction of sp³-hybridized carbons (Fsp3) is 0.600. The number of amides is 1. The predicted octanol–water partition coefficient (Wildman–Crippen LogP) is 0.268. The number of carbonyl (C=O) groups is 2. The lowest BCUT2D eigenvalue weighted by Gasteiger charge is -2.40. The van der Waals surface area contributed by atoms with Crippen molar-refractivity contribution < 1.29 is 19.1 Å². The molecule has 0 radical (unpaired) electrons. The smallest absolute Gasteiger partial charge is 0.340 e. The van der Waals surface area contributed by atoms with Gasteiger partial charge in [-0.1, -0.05) is 20.4 Å². The minimum absolute atomic E-state index is 0.0513. The summed E-state index contributed by atoms with van der Waals surface area (Å²) in [6, 6.07) is 0.